The van der Waals surface area contributed by atoms with Crippen LogP contribution in [-0.4, -0.2) is 60.1 Å². The summed E-state index contributed by atoms with van der Waals surface area (Å²) in [6.45, 7) is 0.315. The summed E-state index contributed by atoms with van der Waals surface area (Å²) in [5, 5.41) is 8.94. The van der Waals surface area contributed by atoms with Gasteiger partial charge in [0.2, 0.25) is 0 Å². The molecule has 0 radical (unpaired) electrons. The minimum atomic E-state index is -5.87. The molecule has 0 unspecified atom stereocenters. The van der Waals surface area contributed by atoms with Gasteiger partial charge >= 0.3 is 30.3 Å². The van der Waals surface area contributed by atoms with E-state index in [9.17, 15) is 50.3 Å². The molecule has 10 nitrogen and oxygen atoms in total. The summed E-state index contributed by atoms with van der Waals surface area (Å²) in [4.78, 5) is 59.8. The molecule has 0 aliphatic rings. The van der Waals surface area contributed by atoms with Crippen LogP contribution in [0.4, 0.5) is 26.3 Å². The molecule has 3 aromatic carbocycles. The molecule has 0 aliphatic heterocycles. The number of ether oxygens (including phenoxy) is 4. The molecule has 3 rings (SSSR count). The molecular weight excluding hydrogens is 634 g/mol. The first-order chi connectivity index (χ1) is 21.5. The molecule has 0 atom stereocenters. The van der Waals surface area contributed by atoms with Crippen molar-refractivity contribution in [1.29, 1.82) is 0 Å². The highest BCUT2D eigenvalue weighted by Crippen LogP contribution is 2.33. The molecule has 16 heteroatoms. The Morgan fingerprint density at radius 1 is 0.674 bits per heavy atom. The van der Waals surface area contributed by atoms with Crippen molar-refractivity contribution in [3.8, 4) is 23.0 Å². The highest BCUT2D eigenvalue weighted by Gasteiger charge is 2.50. The maximum atomic E-state index is 13.1. The van der Waals surface area contributed by atoms with Crippen LogP contribution in [-0.2, 0) is 14.4 Å². The number of hydrogen-bond acceptors (Lipinski definition) is 10. The maximum absolute atomic E-state index is 13.1. The van der Waals surface area contributed by atoms with E-state index in [0.29, 0.717) is 0 Å². The monoisotopic (exact) mass is 654 g/mol. The van der Waals surface area contributed by atoms with Crippen molar-refractivity contribution >= 4 is 35.6 Å². The highest BCUT2D eigenvalue weighted by atomic mass is 19.4. The molecule has 0 amide bonds. The van der Waals surface area contributed by atoms with Crippen molar-refractivity contribution in [2.45, 2.75) is 19.3 Å². The van der Waals surface area contributed by atoms with Gasteiger partial charge in [-0.2, -0.15) is 26.3 Å². The Balaban J connectivity index is 1.88. The maximum Gasteiger partial charge on any atom is 0.455 e. The number of rotatable bonds is 11. The van der Waals surface area contributed by atoms with E-state index in [1.165, 1.54) is 43.3 Å². The number of Topliss-reactive ketones (excluding diaryl/α,β-unsaturated/α-hetero) is 2. The van der Waals surface area contributed by atoms with Crippen molar-refractivity contribution in [3.05, 3.63) is 89.0 Å². The van der Waals surface area contributed by atoms with E-state index in [2.05, 4.69) is 0 Å². The van der Waals surface area contributed by atoms with Crippen LogP contribution >= 0.6 is 0 Å². The average molecular weight is 654 g/mol. The predicted octanol–water partition coefficient (Wildman–Crippen LogP) is 5.07. The lowest BCUT2D eigenvalue weighted by Crippen LogP contribution is -2.34. The second-order valence-electron chi connectivity index (χ2n) is 8.90. The van der Waals surface area contributed by atoms with Crippen LogP contribution in [0.2, 0.25) is 0 Å². The number of alkyl halides is 6. The SMILES string of the molecule is CC(=O)Oc1ccc(C(=O)Oc2ccc(C(=O)Oc3ccc(OCCO)cc3C=C(C(=O)C(F)(F)F)C(=O)C(F)(F)F)cc2)cc1. The van der Waals surface area contributed by atoms with Crippen LogP contribution in [0.5, 0.6) is 23.0 Å². The molecule has 0 bridgehead atoms. The van der Waals surface area contributed by atoms with Crippen LogP contribution in [0.3, 0.4) is 0 Å². The number of aliphatic hydroxyl groups is 1. The zero-order chi connectivity index (χ0) is 34.2. The van der Waals surface area contributed by atoms with Crippen LogP contribution in [0, 0.1) is 0 Å². The predicted molar refractivity (Wildman–Crippen MR) is 143 cm³/mol. The number of benzene rings is 3. The van der Waals surface area contributed by atoms with Gasteiger partial charge in [0.05, 0.1) is 23.3 Å². The topological polar surface area (TPSA) is 143 Å². The summed E-state index contributed by atoms with van der Waals surface area (Å²) in [5.74, 6) is -9.52. The number of carbonyl (C=O) groups is 5. The second-order valence-corrected chi connectivity index (χ2v) is 8.90. The molecule has 3 aromatic rings. The fourth-order valence-electron chi connectivity index (χ4n) is 3.49. The number of carbonyl (C=O) groups excluding carboxylic acids is 5. The summed E-state index contributed by atoms with van der Waals surface area (Å²) in [7, 11) is 0. The average Bonchev–Trinajstić information content (AvgIpc) is 2.98. The minimum absolute atomic E-state index is 0.0403. The summed E-state index contributed by atoms with van der Waals surface area (Å²) < 4.78 is 98.9. The number of halogens is 6. The standard InChI is InChI=1S/C30H20F6O10/c1-16(38)44-20-6-2-17(3-7-20)27(41)45-21-8-4-18(5-9-21)28(42)46-24-11-10-22(43-13-12-37)14-19(24)15-23(25(39)29(31,32)33)26(40)30(34,35)36/h2-11,14-15,37H,12-13H2,1H3. The molecule has 0 aliphatic carbocycles. The zero-order valence-corrected chi connectivity index (χ0v) is 23.2. The van der Waals surface area contributed by atoms with Gasteiger partial charge in [-0.15, -0.1) is 0 Å². The molecule has 1 N–H and O–H groups in total. The molecule has 46 heavy (non-hydrogen) atoms. The Labute approximate surface area is 254 Å². The van der Waals surface area contributed by atoms with Gasteiger partial charge < -0.3 is 24.1 Å². The van der Waals surface area contributed by atoms with E-state index in [4.69, 9.17) is 24.1 Å². The van der Waals surface area contributed by atoms with Crippen molar-refractivity contribution in [3.63, 3.8) is 0 Å². The molecule has 0 heterocycles. The molecule has 0 fully saturated rings. The largest absolute Gasteiger partial charge is 0.491 e. The van der Waals surface area contributed by atoms with Gasteiger partial charge in [0.1, 0.15) is 29.6 Å². The second kappa shape index (κ2) is 14.5. The molecule has 0 saturated heterocycles. The molecular formula is C30H20F6O10. The number of hydrogen-bond donors (Lipinski definition) is 1. The lowest BCUT2D eigenvalue weighted by Gasteiger charge is -2.14. The van der Waals surface area contributed by atoms with Crippen molar-refractivity contribution < 1.29 is 74.4 Å². The van der Waals surface area contributed by atoms with E-state index in [-0.39, 0.29) is 41.1 Å². The van der Waals surface area contributed by atoms with E-state index < -0.39 is 65.3 Å². The molecule has 0 aromatic heterocycles. The fraction of sp³-hybridized carbons (Fsp3) is 0.167. The minimum Gasteiger partial charge on any atom is -0.491 e. The van der Waals surface area contributed by atoms with Gasteiger partial charge in [0.15, 0.2) is 0 Å². The first-order valence-electron chi connectivity index (χ1n) is 12.6. The van der Waals surface area contributed by atoms with Gasteiger partial charge in [-0.1, -0.05) is 0 Å². The van der Waals surface area contributed by atoms with Crippen molar-refractivity contribution in [1.82, 2.24) is 0 Å². The van der Waals surface area contributed by atoms with Gasteiger partial charge in [-0.3, -0.25) is 14.4 Å². The Bertz CT molecular complexity index is 1630. The van der Waals surface area contributed by atoms with Crippen molar-refractivity contribution in [2.75, 3.05) is 13.2 Å². The fourth-order valence-corrected chi connectivity index (χ4v) is 3.49. The van der Waals surface area contributed by atoms with Gasteiger partial charge in [-0.25, -0.2) is 9.59 Å². The Morgan fingerprint density at radius 2 is 1.13 bits per heavy atom. The first kappa shape index (κ1) is 35.0. The van der Waals surface area contributed by atoms with E-state index in [1.807, 2.05) is 0 Å². The molecule has 0 spiro atoms. The third-order valence-corrected chi connectivity index (χ3v) is 5.50. The lowest BCUT2D eigenvalue weighted by molar-refractivity contribution is -0.175. The van der Waals surface area contributed by atoms with Crippen molar-refractivity contribution in [2.24, 2.45) is 0 Å². The van der Waals surface area contributed by atoms with Crippen LogP contribution in [0.25, 0.3) is 6.08 Å². The summed E-state index contributed by atoms with van der Waals surface area (Å²) in [5.41, 5.74) is -3.19. The first-order valence-corrected chi connectivity index (χ1v) is 12.6. The quantitative estimate of drug-likeness (QED) is 0.0744. The third kappa shape index (κ3) is 9.49. The summed E-state index contributed by atoms with van der Waals surface area (Å²) in [6, 6.07) is 12.7. The van der Waals surface area contributed by atoms with Gasteiger partial charge in [0, 0.05) is 12.5 Å². The normalized spacial score (nSPS) is 11.2. The number of allylic oxidation sites excluding steroid dienone is 1. The number of esters is 3. The summed E-state index contributed by atoms with van der Waals surface area (Å²) in [6.07, 6.45) is -11.8. The van der Waals surface area contributed by atoms with Gasteiger partial charge in [0.25, 0.3) is 11.6 Å². The van der Waals surface area contributed by atoms with Gasteiger partial charge in [-0.05, 0) is 72.8 Å². The van der Waals surface area contributed by atoms with Crippen LogP contribution in [0.15, 0.2) is 72.3 Å². The van der Waals surface area contributed by atoms with Crippen LogP contribution < -0.4 is 18.9 Å². The third-order valence-electron chi connectivity index (χ3n) is 5.50. The number of ketones is 2. The number of aliphatic hydroxyl groups excluding tert-OH is 1. The highest BCUT2D eigenvalue weighted by molar-refractivity contribution is 6.26. The smallest absolute Gasteiger partial charge is 0.455 e. The van der Waals surface area contributed by atoms with E-state index in [0.717, 1.165) is 30.3 Å². The van der Waals surface area contributed by atoms with Crippen LogP contribution in [0.1, 0.15) is 33.2 Å². The van der Waals surface area contributed by atoms with E-state index in [1.54, 1.807) is 0 Å². The Hall–Kier alpha value is -5.51. The van der Waals surface area contributed by atoms with E-state index >= 15 is 0 Å². The Morgan fingerprint density at radius 3 is 1.59 bits per heavy atom. The Kier molecular flexibility index (Phi) is 11.0. The lowest BCUT2D eigenvalue weighted by atomic mass is 10.0. The molecule has 242 valence electrons. The molecule has 0 saturated carbocycles. The summed E-state index contributed by atoms with van der Waals surface area (Å²) >= 11 is 0. The zero-order valence-electron chi connectivity index (χ0n) is 23.2.